The number of rotatable bonds is 4. The molecule has 0 aromatic heterocycles. The van der Waals surface area contributed by atoms with Crippen molar-refractivity contribution < 1.29 is 0 Å². The Balaban J connectivity index is 1.08. The summed E-state index contributed by atoms with van der Waals surface area (Å²) < 4.78 is 0. The van der Waals surface area contributed by atoms with Crippen LogP contribution >= 0.6 is 0 Å². The summed E-state index contributed by atoms with van der Waals surface area (Å²) in [6.07, 6.45) is 13.7. The van der Waals surface area contributed by atoms with Gasteiger partial charge in [-0.05, 0) is 148 Å². The van der Waals surface area contributed by atoms with E-state index in [4.69, 9.17) is 0 Å². The summed E-state index contributed by atoms with van der Waals surface area (Å²) in [7, 11) is 0. The maximum absolute atomic E-state index is 2.53. The van der Waals surface area contributed by atoms with Crippen LogP contribution in [0.5, 0.6) is 0 Å². The third-order valence-electron chi connectivity index (χ3n) is 12.8. The van der Waals surface area contributed by atoms with E-state index in [0.29, 0.717) is 0 Å². The van der Waals surface area contributed by atoms with E-state index in [-0.39, 0.29) is 5.41 Å². The molecule has 8 aromatic carbocycles. The summed E-state index contributed by atoms with van der Waals surface area (Å²) in [6.45, 7) is 4.84. The molecule has 262 valence electrons. The lowest BCUT2D eigenvalue weighted by atomic mass is 9.77. The molecule has 0 amide bonds. The molecule has 8 aromatic rings. The minimum atomic E-state index is -0.138. The SMILES string of the molecule is CC1(C)c2cc(-c3cccc4ccccc34)ccc2-c2ccc(-c3c4c(c(-c5ccccc5-c5ccc6c(c5)CCC=C6)c5ccccc35)C=CCC4)cc21. The maximum Gasteiger partial charge on any atom is 0.0159 e. The van der Waals surface area contributed by atoms with E-state index < -0.39 is 0 Å². The average molecular weight is 703 g/mol. The molecule has 3 aliphatic carbocycles. The van der Waals surface area contributed by atoms with Gasteiger partial charge in [0.25, 0.3) is 0 Å². The first-order chi connectivity index (χ1) is 27.0. The van der Waals surface area contributed by atoms with Crippen LogP contribution < -0.4 is 0 Å². The molecule has 0 radical (unpaired) electrons. The minimum Gasteiger partial charge on any atom is -0.0836 e. The number of fused-ring (bicyclic) bond motifs is 7. The molecule has 0 N–H and O–H groups in total. The van der Waals surface area contributed by atoms with Gasteiger partial charge in [-0.3, -0.25) is 0 Å². The first kappa shape index (κ1) is 32.2. The molecule has 3 aliphatic rings. The Morgan fingerprint density at radius 1 is 0.436 bits per heavy atom. The topological polar surface area (TPSA) is 0 Å². The highest BCUT2D eigenvalue weighted by molar-refractivity contribution is 6.12. The van der Waals surface area contributed by atoms with Gasteiger partial charge in [0, 0.05) is 5.41 Å². The molecule has 0 atom stereocenters. The van der Waals surface area contributed by atoms with Crippen LogP contribution in [0.4, 0.5) is 0 Å². The van der Waals surface area contributed by atoms with Crippen LogP contribution in [-0.4, -0.2) is 0 Å². The van der Waals surface area contributed by atoms with Gasteiger partial charge in [-0.2, -0.15) is 0 Å². The van der Waals surface area contributed by atoms with E-state index in [9.17, 15) is 0 Å². The number of benzene rings is 8. The van der Waals surface area contributed by atoms with Gasteiger partial charge in [0.1, 0.15) is 0 Å². The summed E-state index contributed by atoms with van der Waals surface area (Å²) >= 11 is 0. The largest absolute Gasteiger partial charge is 0.0836 e. The van der Waals surface area contributed by atoms with Crippen molar-refractivity contribution in [3.8, 4) is 55.6 Å². The maximum atomic E-state index is 2.53. The van der Waals surface area contributed by atoms with Gasteiger partial charge in [0.2, 0.25) is 0 Å². The fourth-order valence-corrected chi connectivity index (χ4v) is 10.1. The second-order valence-corrected chi connectivity index (χ2v) is 16.2. The lowest BCUT2D eigenvalue weighted by Gasteiger charge is -2.26. The van der Waals surface area contributed by atoms with Gasteiger partial charge < -0.3 is 0 Å². The summed E-state index contributed by atoms with van der Waals surface area (Å²) in [5, 5.41) is 5.24. The van der Waals surface area contributed by atoms with Crippen LogP contribution in [0.25, 0.3) is 89.3 Å². The van der Waals surface area contributed by atoms with E-state index in [2.05, 4.69) is 184 Å². The van der Waals surface area contributed by atoms with Crippen molar-refractivity contribution in [3.05, 3.63) is 191 Å². The van der Waals surface area contributed by atoms with Crippen LogP contribution in [0, 0.1) is 0 Å². The van der Waals surface area contributed by atoms with Gasteiger partial charge in [-0.25, -0.2) is 0 Å². The molecule has 0 heteroatoms. The fourth-order valence-electron chi connectivity index (χ4n) is 10.1. The standard InChI is InChI=1S/C55H42/c1-55(2)51-33-39(42-25-13-17-36-15-5-6-18-41(36)42)28-30-44(51)45-31-29-40(34-52(45)55)53-47-21-9-11-23-49(47)54(50-24-12-10-22-48(50)53)46-20-8-7-19-43(46)38-27-26-35-14-3-4-16-37(35)32-38/h3,5-9,11-15,17-21,23-34H,4,10,16,22H2,1-2H3. The third kappa shape index (κ3) is 4.98. The normalized spacial score (nSPS) is 14.8. The van der Waals surface area contributed by atoms with Gasteiger partial charge in [-0.15, -0.1) is 0 Å². The first-order valence-corrected chi connectivity index (χ1v) is 20.0. The Labute approximate surface area is 324 Å². The molecular weight excluding hydrogens is 661 g/mol. The smallest absolute Gasteiger partial charge is 0.0159 e. The third-order valence-corrected chi connectivity index (χ3v) is 12.8. The minimum absolute atomic E-state index is 0.138. The van der Waals surface area contributed by atoms with Crippen molar-refractivity contribution in [1.29, 1.82) is 0 Å². The number of allylic oxidation sites excluding steroid dienone is 2. The van der Waals surface area contributed by atoms with Crippen molar-refractivity contribution in [2.45, 2.75) is 44.9 Å². The molecule has 0 nitrogen and oxygen atoms in total. The number of aryl methyl sites for hydroxylation is 1. The van der Waals surface area contributed by atoms with Crippen molar-refractivity contribution >= 4 is 33.7 Å². The van der Waals surface area contributed by atoms with Gasteiger partial charge in [0.05, 0.1) is 0 Å². The predicted molar refractivity (Wildman–Crippen MR) is 235 cm³/mol. The highest BCUT2D eigenvalue weighted by Crippen LogP contribution is 2.53. The Bertz CT molecular complexity index is 2940. The molecule has 0 saturated heterocycles. The molecule has 0 bridgehead atoms. The second-order valence-electron chi connectivity index (χ2n) is 16.2. The molecule has 0 spiro atoms. The average Bonchev–Trinajstić information content (AvgIpc) is 3.47. The monoisotopic (exact) mass is 702 g/mol. The zero-order valence-electron chi connectivity index (χ0n) is 31.5. The Hall–Kier alpha value is -6.24. The number of hydrogen-bond donors (Lipinski definition) is 0. The summed E-state index contributed by atoms with van der Waals surface area (Å²) in [5.41, 5.74) is 21.6. The molecule has 0 unspecified atom stereocenters. The van der Waals surface area contributed by atoms with Crippen LogP contribution in [0.1, 0.15) is 60.1 Å². The molecule has 11 rings (SSSR count). The summed E-state index contributed by atoms with van der Waals surface area (Å²) in [6, 6.07) is 55.2. The first-order valence-electron chi connectivity index (χ1n) is 20.0. The second kappa shape index (κ2) is 12.4. The molecule has 0 heterocycles. The lowest BCUT2D eigenvalue weighted by molar-refractivity contribution is 0.661. The highest BCUT2D eigenvalue weighted by Gasteiger charge is 2.36. The molecular formula is C55H42. The Morgan fingerprint density at radius 3 is 1.87 bits per heavy atom. The van der Waals surface area contributed by atoms with E-state index in [1.54, 1.807) is 0 Å². The summed E-state index contributed by atoms with van der Waals surface area (Å²) in [4.78, 5) is 0. The highest BCUT2D eigenvalue weighted by atomic mass is 14.4. The molecule has 0 fully saturated rings. The van der Waals surface area contributed by atoms with E-state index in [1.807, 2.05) is 0 Å². The van der Waals surface area contributed by atoms with Crippen molar-refractivity contribution in [1.82, 2.24) is 0 Å². The van der Waals surface area contributed by atoms with Crippen LogP contribution in [-0.2, 0) is 18.3 Å². The van der Waals surface area contributed by atoms with Crippen LogP contribution in [0.15, 0.2) is 158 Å². The lowest BCUT2D eigenvalue weighted by Crippen LogP contribution is -2.15. The van der Waals surface area contributed by atoms with Gasteiger partial charge in [-0.1, -0.05) is 172 Å². The van der Waals surface area contributed by atoms with E-state index >= 15 is 0 Å². The Morgan fingerprint density at radius 2 is 1.04 bits per heavy atom. The predicted octanol–water partition coefficient (Wildman–Crippen LogP) is 14.9. The van der Waals surface area contributed by atoms with Gasteiger partial charge in [0.15, 0.2) is 0 Å². The van der Waals surface area contributed by atoms with Crippen molar-refractivity contribution in [2.24, 2.45) is 0 Å². The molecule has 0 saturated carbocycles. The summed E-state index contributed by atoms with van der Waals surface area (Å²) in [5.74, 6) is 0. The molecule has 0 aliphatic heterocycles. The Kier molecular flexibility index (Phi) is 7.26. The van der Waals surface area contributed by atoms with E-state index in [0.717, 1.165) is 25.7 Å². The quantitative estimate of drug-likeness (QED) is 0.171. The van der Waals surface area contributed by atoms with Crippen LogP contribution in [0.3, 0.4) is 0 Å². The fraction of sp³-hybridized carbons (Fsp3) is 0.127. The zero-order valence-corrected chi connectivity index (χ0v) is 31.5. The van der Waals surface area contributed by atoms with Crippen LogP contribution in [0.2, 0.25) is 0 Å². The molecule has 55 heavy (non-hydrogen) atoms. The number of hydrogen-bond acceptors (Lipinski definition) is 0. The zero-order chi connectivity index (χ0) is 36.7. The van der Waals surface area contributed by atoms with E-state index in [1.165, 1.54) is 111 Å². The van der Waals surface area contributed by atoms with Gasteiger partial charge >= 0.3 is 0 Å². The van der Waals surface area contributed by atoms with Crippen molar-refractivity contribution in [3.63, 3.8) is 0 Å². The van der Waals surface area contributed by atoms with Crippen molar-refractivity contribution in [2.75, 3.05) is 0 Å².